The molecule has 1 fully saturated rings. The fraction of sp³-hybridized carbons (Fsp3) is 0.269. The Hall–Kier alpha value is -3.87. The number of imidazole rings is 1. The van der Waals surface area contributed by atoms with Gasteiger partial charge < -0.3 is 10.6 Å². The number of fused-ring (bicyclic) bond motifs is 2. The zero-order chi connectivity index (χ0) is 22.9. The second-order valence-corrected chi connectivity index (χ2v) is 8.61. The molecule has 0 spiro atoms. The molecule has 5 rings (SSSR count). The van der Waals surface area contributed by atoms with Crippen LogP contribution < -0.4 is 11.4 Å². The smallest absolute Gasteiger partial charge is 0.337 e. The van der Waals surface area contributed by atoms with Crippen LogP contribution >= 0.6 is 0 Å². The highest BCUT2D eigenvalue weighted by molar-refractivity contribution is 5.88. The Morgan fingerprint density at radius 3 is 2.27 bits per heavy atom. The van der Waals surface area contributed by atoms with Gasteiger partial charge in [0.25, 0.3) is 0 Å². The minimum absolute atomic E-state index is 0.0764. The van der Waals surface area contributed by atoms with Crippen LogP contribution in [0.15, 0.2) is 71.5 Å². The van der Waals surface area contributed by atoms with E-state index in [1.165, 1.54) is 10.8 Å². The first-order chi connectivity index (χ1) is 16.0. The van der Waals surface area contributed by atoms with E-state index in [9.17, 15) is 14.4 Å². The Bertz CT molecular complexity index is 1410. The first-order valence-corrected chi connectivity index (χ1v) is 11.3. The Morgan fingerprint density at radius 1 is 0.879 bits per heavy atom. The van der Waals surface area contributed by atoms with Gasteiger partial charge in [0, 0.05) is 25.6 Å². The quantitative estimate of drug-likeness (QED) is 0.523. The molecule has 0 atom stereocenters. The number of aromatic nitrogens is 2. The average Bonchev–Trinajstić information content (AvgIpc) is 3.14. The molecule has 7 nitrogen and oxygen atoms in total. The highest BCUT2D eigenvalue weighted by Crippen LogP contribution is 2.26. The van der Waals surface area contributed by atoms with Crippen molar-refractivity contribution in [1.29, 1.82) is 0 Å². The summed E-state index contributed by atoms with van der Waals surface area (Å²) in [7, 11) is 0. The Labute approximate surface area is 191 Å². The second kappa shape index (κ2) is 8.58. The number of nitrogens with zero attached hydrogens (tertiary/aromatic N) is 3. The number of hydrogen-bond acceptors (Lipinski definition) is 3. The van der Waals surface area contributed by atoms with E-state index in [1.54, 1.807) is 16.7 Å². The lowest BCUT2D eigenvalue weighted by Gasteiger charge is -2.32. The summed E-state index contributed by atoms with van der Waals surface area (Å²) >= 11 is 0. The number of likely N-dealkylation sites (tertiary alicyclic amines) is 1. The monoisotopic (exact) mass is 442 g/mol. The van der Waals surface area contributed by atoms with Crippen LogP contribution in [0.5, 0.6) is 0 Å². The number of rotatable bonds is 4. The normalized spacial score (nSPS) is 14.7. The molecule has 7 heteroatoms. The van der Waals surface area contributed by atoms with Gasteiger partial charge >= 0.3 is 11.7 Å². The molecular formula is C26H26N4O3. The number of benzene rings is 3. The molecule has 168 valence electrons. The number of amides is 2. The molecule has 4 aromatic rings. The molecular weight excluding hydrogens is 416 g/mol. The molecule has 0 radical (unpaired) electrons. The van der Waals surface area contributed by atoms with E-state index >= 15 is 0 Å². The van der Waals surface area contributed by atoms with Gasteiger partial charge in [-0.2, -0.15) is 0 Å². The molecule has 2 amide bonds. The van der Waals surface area contributed by atoms with E-state index in [2.05, 4.69) is 30.3 Å². The van der Waals surface area contributed by atoms with Gasteiger partial charge in [-0.3, -0.25) is 9.36 Å². The summed E-state index contributed by atoms with van der Waals surface area (Å²) in [6.45, 7) is 1.17. The van der Waals surface area contributed by atoms with Gasteiger partial charge in [-0.15, -0.1) is 0 Å². The van der Waals surface area contributed by atoms with Gasteiger partial charge in [0.1, 0.15) is 0 Å². The summed E-state index contributed by atoms with van der Waals surface area (Å²) in [6.07, 6.45) is 2.49. The molecule has 1 aromatic heterocycles. The molecule has 1 aliphatic heterocycles. The Kier molecular flexibility index (Phi) is 5.46. The van der Waals surface area contributed by atoms with Crippen molar-refractivity contribution in [3.63, 3.8) is 0 Å². The van der Waals surface area contributed by atoms with Crippen molar-refractivity contribution in [2.24, 2.45) is 5.73 Å². The Morgan fingerprint density at radius 2 is 1.55 bits per heavy atom. The van der Waals surface area contributed by atoms with Gasteiger partial charge in [-0.05, 0) is 47.7 Å². The van der Waals surface area contributed by atoms with E-state index in [0.29, 0.717) is 49.8 Å². The van der Waals surface area contributed by atoms with E-state index in [-0.39, 0.29) is 11.9 Å². The second-order valence-electron chi connectivity index (χ2n) is 8.61. The van der Waals surface area contributed by atoms with Crippen molar-refractivity contribution in [2.75, 3.05) is 13.1 Å². The minimum atomic E-state index is -0.781. The van der Waals surface area contributed by atoms with Crippen molar-refractivity contribution in [3.8, 4) is 0 Å². The van der Waals surface area contributed by atoms with E-state index in [4.69, 9.17) is 5.73 Å². The van der Waals surface area contributed by atoms with Gasteiger partial charge in [0.15, 0.2) is 0 Å². The number of carbonyl (C=O) groups excluding carboxylic acids is 2. The lowest BCUT2D eigenvalue weighted by molar-refractivity contribution is -0.132. The van der Waals surface area contributed by atoms with Crippen LogP contribution in [0.1, 0.15) is 30.9 Å². The molecule has 1 saturated heterocycles. The maximum absolute atomic E-state index is 12.9. The molecule has 1 aliphatic rings. The SMILES string of the molecule is NC(=O)n1c(=O)n(C2CCN(C(=O)CCc3ccc4ccccc4c3)CC2)c2ccccc21. The van der Waals surface area contributed by atoms with Crippen LogP contribution in [-0.4, -0.2) is 39.1 Å². The lowest BCUT2D eigenvalue weighted by Crippen LogP contribution is -2.41. The van der Waals surface area contributed by atoms with Crippen LogP contribution in [0.3, 0.4) is 0 Å². The fourth-order valence-electron chi connectivity index (χ4n) is 4.91. The highest BCUT2D eigenvalue weighted by Gasteiger charge is 2.27. The number of nitrogens with two attached hydrogens (primary N) is 1. The van der Waals surface area contributed by atoms with Crippen molar-refractivity contribution in [2.45, 2.75) is 31.7 Å². The Balaban J connectivity index is 1.25. The molecule has 3 aromatic carbocycles. The van der Waals surface area contributed by atoms with Crippen molar-refractivity contribution in [3.05, 3.63) is 82.8 Å². The number of hydrogen-bond donors (Lipinski definition) is 1. The van der Waals surface area contributed by atoms with Crippen LogP contribution in [0.25, 0.3) is 21.8 Å². The summed E-state index contributed by atoms with van der Waals surface area (Å²) in [5.74, 6) is 0.133. The molecule has 0 bridgehead atoms. The summed E-state index contributed by atoms with van der Waals surface area (Å²) in [5, 5.41) is 2.38. The predicted octanol–water partition coefficient (Wildman–Crippen LogP) is 3.68. The molecule has 0 aliphatic carbocycles. The predicted molar refractivity (Wildman–Crippen MR) is 128 cm³/mol. The number of para-hydroxylation sites is 2. The number of primary amides is 1. The third-order valence-electron chi connectivity index (χ3n) is 6.62. The van der Waals surface area contributed by atoms with Gasteiger partial charge in [-0.25, -0.2) is 14.2 Å². The molecule has 0 saturated carbocycles. The largest absolute Gasteiger partial charge is 0.351 e. The van der Waals surface area contributed by atoms with Crippen LogP contribution in [0.4, 0.5) is 4.79 Å². The van der Waals surface area contributed by atoms with Crippen molar-refractivity contribution < 1.29 is 9.59 Å². The zero-order valence-corrected chi connectivity index (χ0v) is 18.3. The third-order valence-corrected chi connectivity index (χ3v) is 6.62. The zero-order valence-electron chi connectivity index (χ0n) is 18.3. The lowest BCUT2D eigenvalue weighted by atomic mass is 10.0. The highest BCUT2D eigenvalue weighted by atomic mass is 16.2. The van der Waals surface area contributed by atoms with Crippen molar-refractivity contribution >= 4 is 33.7 Å². The van der Waals surface area contributed by atoms with Crippen LogP contribution in [0.2, 0.25) is 0 Å². The maximum atomic E-state index is 12.9. The molecule has 2 heterocycles. The van der Waals surface area contributed by atoms with Gasteiger partial charge in [0.05, 0.1) is 11.0 Å². The van der Waals surface area contributed by atoms with Crippen LogP contribution in [0, 0.1) is 0 Å². The van der Waals surface area contributed by atoms with E-state index < -0.39 is 11.7 Å². The summed E-state index contributed by atoms with van der Waals surface area (Å²) in [4.78, 5) is 39.5. The molecule has 33 heavy (non-hydrogen) atoms. The number of carbonyl (C=O) groups is 2. The average molecular weight is 443 g/mol. The van der Waals surface area contributed by atoms with E-state index in [0.717, 1.165) is 10.1 Å². The topological polar surface area (TPSA) is 90.3 Å². The summed E-state index contributed by atoms with van der Waals surface area (Å²) in [5.41, 5.74) is 7.41. The first kappa shape index (κ1) is 21.0. The molecule has 2 N–H and O–H groups in total. The van der Waals surface area contributed by atoms with Crippen molar-refractivity contribution in [1.82, 2.24) is 14.0 Å². The minimum Gasteiger partial charge on any atom is -0.351 e. The summed E-state index contributed by atoms with van der Waals surface area (Å²) < 4.78 is 2.69. The fourth-order valence-corrected chi connectivity index (χ4v) is 4.91. The van der Waals surface area contributed by atoms with Crippen LogP contribution in [-0.2, 0) is 11.2 Å². The molecule has 0 unspecified atom stereocenters. The van der Waals surface area contributed by atoms with Gasteiger partial charge in [0.2, 0.25) is 5.91 Å². The number of piperidine rings is 1. The third kappa shape index (κ3) is 3.91. The first-order valence-electron chi connectivity index (χ1n) is 11.3. The maximum Gasteiger partial charge on any atom is 0.337 e. The van der Waals surface area contributed by atoms with E-state index in [1.807, 2.05) is 29.2 Å². The van der Waals surface area contributed by atoms with Gasteiger partial charge in [-0.1, -0.05) is 54.6 Å². The standard InChI is InChI=1S/C26H26N4O3/c27-25(32)30-23-8-4-3-7-22(23)29(26(30)33)21-13-15-28(16-14-21)24(31)12-10-18-9-11-19-5-1-2-6-20(19)17-18/h1-9,11,17,21H,10,12-16H2,(H2,27,32). The summed E-state index contributed by atoms with van der Waals surface area (Å²) in [6, 6.07) is 20.9. The number of aryl methyl sites for hydroxylation is 1.